The molecule has 0 saturated carbocycles. The van der Waals surface area contributed by atoms with E-state index in [-0.39, 0.29) is 44.2 Å². The van der Waals surface area contributed by atoms with Crippen LogP contribution < -0.4 is 19.9 Å². The lowest BCUT2D eigenvalue weighted by Gasteiger charge is -2.11. The molecule has 2 heterocycles. The summed E-state index contributed by atoms with van der Waals surface area (Å²) in [7, 11) is 0.261. The topological polar surface area (TPSA) is 164 Å². The number of aliphatic hydroxyl groups excluding tert-OH is 1. The Balaban J connectivity index is 2.02. The summed E-state index contributed by atoms with van der Waals surface area (Å²) in [6.07, 6.45) is 0. The molecule has 3 aromatic rings. The second-order valence-corrected chi connectivity index (χ2v) is 6.75. The van der Waals surface area contributed by atoms with Gasteiger partial charge in [-0.3, -0.25) is 4.57 Å². The number of rotatable bonds is 10. The molecule has 1 aromatic carbocycles. The summed E-state index contributed by atoms with van der Waals surface area (Å²) in [5.74, 6) is 0.653. The minimum Gasteiger partial charge on any atom is -0.497 e. The molecular weight excluding hydrogens is 417 g/mol. The number of aliphatic hydroxyl groups is 1. The first-order chi connectivity index (χ1) is 14.4. The molecular formula is C17H21N5O7P+. The largest absolute Gasteiger partial charge is 0.695 e. The van der Waals surface area contributed by atoms with Crippen molar-refractivity contribution in [2.75, 3.05) is 33.2 Å². The van der Waals surface area contributed by atoms with Gasteiger partial charge in [-0.2, -0.15) is 15.0 Å². The number of imidazole rings is 1. The van der Waals surface area contributed by atoms with E-state index in [0.29, 0.717) is 22.5 Å². The fourth-order valence-electron chi connectivity index (χ4n) is 2.81. The molecule has 0 aliphatic carbocycles. The van der Waals surface area contributed by atoms with Gasteiger partial charge in [0.2, 0.25) is 0 Å². The van der Waals surface area contributed by atoms with Gasteiger partial charge in [0.15, 0.2) is 17.0 Å². The molecule has 2 aromatic heterocycles. The van der Waals surface area contributed by atoms with Gasteiger partial charge in [0.25, 0.3) is 6.01 Å². The summed E-state index contributed by atoms with van der Waals surface area (Å²) in [6, 6.07) is 5.54. The molecule has 0 spiro atoms. The Morgan fingerprint density at radius 2 is 1.90 bits per heavy atom. The maximum Gasteiger partial charge on any atom is 0.695 e. The fourth-order valence-corrected chi connectivity index (χ4v) is 3.07. The van der Waals surface area contributed by atoms with Crippen LogP contribution in [0.4, 0.5) is 5.82 Å². The van der Waals surface area contributed by atoms with Crippen LogP contribution in [0.1, 0.15) is 11.1 Å². The Kier molecular flexibility index (Phi) is 6.95. The Labute approximate surface area is 172 Å². The zero-order valence-corrected chi connectivity index (χ0v) is 17.2. The Morgan fingerprint density at radius 1 is 1.13 bits per heavy atom. The quantitative estimate of drug-likeness (QED) is 0.387. The third kappa shape index (κ3) is 4.92. The minimum absolute atomic E-state index is 0.00401. The van der Waals surface area contributed by atoms with Crippen LogP contribution in [-0.4, -0.2) is 57.0 Å². The number of nitrogen functional groups attached to an aromatic ring is 1. The van der Waals surface area contributed by atoms with Crippen LogP contribution in [0, 0.1) is 0 Å². The summed E-state index contributed by atoms with van der Waals surface area (Å²) in [6.45, 7) is 0.0253. The van der Waals surface area contributed by atoms with Crippen LogP contribution in [0.15, 0.2) is 18.2 Å². The van der Waals surface area contributed by atoms with E-state index in [1.54, 1.807) is 22.8 Å². The molecule has 12 nitrogen and oxygen atoms in total. The van der Waals surface area contributed by atoms with Crippen molar-refractivity contribution in [2.45, 2.75) is 13.2 Å². The number of nitrogens with two attached hydrogens (primary N) is 1. The van der Waals surface area contributed by atoms with Crippen molar-refractivity contribution < 1.29 is 33.3 Å². The first-order valence-corrected chi connectivity index (χ1v) is 9.85. The van der Waals surface area contributed by atoms with Crippen LogP contribution in [0.5, 0.6) is 17.8 Å². The molecule has 4 N–H and O–H groups in total. The number of aromatic nitrogens is 4. The first kappa shape index (κ1) is 21.7. The predicted molar refractivity (Wildman–Crippen MR) is 106 cm³/mol. The molecule has 0 saturated heterocycles. The highest BCUT2D eigenvalue weighted by molar-refractivity contribution is 7.32. The van der Waals surface area contributed by atoms with Gasteiger partial charge >= 0.3 is 14.3 Å². The highest BCUT2D eigenvalue weighted by Gasteiger charge is 2.19. The molecule has 3 rings (SSSR count). The van der Waals surface area contributed by atoms with Crippen LogP contribution >= 0.6 is 8.25 Å². The van der Waals surface area contributed by atoms with Crippen molar-refractivity contribution in [2.24, 2.45) is 0 Å². The molecule has 30 heavy (non-hydrogen) atoms. The first-order valence-electron chi connectivity index (χ1n) is 8.72. The van der Waals surface area contributed by atoms with Gasteiger partial charge in [0.05, 0.1) is 27.4 Å². The van der Waals surface area contributed by atoms with Crippen molar-refractivity contribution in [3.63, 3.8) is 0 Å². The lowest BCUT2D eigenvalue weighted by atomic mass is 10.1. The van der Waals surface area contributed by atoms with E-state index < -0.39 is 8.25 Å². The average Bonchev–Trinajstić information content (AvgIpc) is 3.08. The summed E-state index contributed by atoms with van der Waals surface area (Å²) in [4.78, 5) is 21.6. The molecule has 0 fully saturated rings. The third-order valence-corrected chi connectivity index (χ3v) is 4.37. The van der Waals surface area contributed by atoms with Gasteiger partial charge in [-0.05, 0) is 23.3 Å². The number of fused-ring (bicyclic) bond motifs is 1. The molecule has 0 amide bonds. The highest BCUT2D eigenvalue weighted by atomic mass is 31.1. The van der Waals surface area contributed by atoms with E-state index in [1.807, 2.05) is 0 Å². The van der Waals surface area contributed by atoms with E-state index in [2.05, 4.69) is 15.0 Å². The molecule has 0 aliphatic rings. The number of benzene rings is 1. The minimum atomic E-state index is -2.72. The summed E-state index contributed by atoms with van der Waals surface area (Å²) >= 11 is 0. The molecule has 13 heteroatoms. The molecule has 1 atom stereocenters. The molecule has 0 radical (unpaired) electrons. The normalized spacial score (nSPS) is 11.5. The predicted octanol–water partition coefficient (Wildman–Crippen LogP) is 1.01. The molecule has 1 unspecified atom stereocenters. The van der Waals surface area contributed by atoms with Gasteiger partial charge in [0, 0.05) is 4.57 Å². The van der Waals surface area contributed by atoms with E-state index in [4.69, 9.17) is 34.5 Å². The van der Waals surface area contributed by atoms with Crippen molar-refractivity contribution in [1.82, 2.24) is 19.5 Å². The van der Waals surface area contributed by atoms with Crippen molar-refractivity contribution in [1.29, 1.82) is 0 Å². The van der Waals surface area contributed by atoms with Crippen LogP contribution in [0.25, 0.3) is 11.2 Å². The van der Waals surface area contributed by atoms with Gasteiger partial charge in [-0.15, -0.1) is 9.42 Å². The van der Waals surface area contributed by atoms with Gasteiger partial charge in [0.1, 0.15) is 19.0 Å². The number of anilines is 1. The zero-order chi connectivity index (χ0) is 21.7. The van der Waals surface area contributed by atoms with Crippen LogP contribution in [0.2, 0.25) is 0 Å². The number of hydrogen-bond acceptors (Lipinski definition) is 10. The van der Waals surface area contributed by atoms with Gasteiger partial charge < -0.3 is 25.1 Å². The number of nitrogens with zero attached hydrogens (tertiary/aromatic N) is 4. The van der Waals surface area contributed by atoms with Gasteiger partial charge in [-0.25, -0.2) is 0 Å². The van der Waals surface area contributed by atoms with E-state index in [9.17, 15) is 4.57 Å². The Morgan fingerprint density at radius 3 is 2.57 bits per heavy atom. The summed E-state index contributed by atoms with van der Waals surface area (Å²) in [5.41, 5.74) is 8.12. The Hall–Kier alpha value is -3.05. The average molecular weight is 438 g/mol. The lowest BCUT2D eigenvalue weighted by molar-refractivity contribution is 0.192. The monoisotopic (exact) mass is 438 g/mol. The number of methoxy groups -OCH3 is 2. The van der Waals surface area contributed by atoms with E-state index in [1.165, 1.54) is 14.2 Å². The van der Waals surface area contributed by atoms with Crippen molar-refractivity contribution in [3.05, 3.63) is 29.3 Å². The smallest absolute Gasteiger partial charge is 0.497 e. The summed E-state index contributed by atoms with van der Waals surface area (Å²) in [5, 5.41) is 8.95. The third-order valence-electron chi connectivity index (χ3n) is 4.02. The SMILES string of the molecule is COc1cc(CO[P+](=O)O)cc(Cn2c(OC)nc3c(N)nc(OCCO)nc32)c1. The Bertz CT molecular complexity index is 1060. The fraction of sp³-hybridized carbons (Fsp3) is 0.353. The maximum atomic E-state index is 10.8. The number of hydrogen-bond donors (Lipinski definition) is 3. The van der Waals surface area contributed by atoms with Crippen LogP contribution in [-0.2, 0) is 22.2 Å². The van der Waals surface area contributed by atoms with Crippen molar-refractivity contribution >= 4 is 25.2 Å². The second kappa shape index (κ2) is 9.63. The second-order valence-electron chi connectivity index (χ2n) is 6.02. The molecule has 160 valence electrons. The lowest BCUT2D eigenvalue weighted by Crippen LogP contribution is -2.08. The van der Waals surface area contributed by atoms with Crippen molar-refractivity contribution in [3.8, 4) is 17.8 Å². The molecule has 0 aliphatic heterocycles. The van der Waals surface area contributed by atoms with Crippen LogP contribution in [0.3, 0.4) is 0 Å². The zero-order valence-electron chi connectivity index (χ0n) is 16.3. The molecule has 0 bridgehead atoms. The number of ether oxygens (including phenoxy) is 3. The standard InChI is InChI=1S/C17H20N5O7P/c1-26-12-6-10(5-11(7-12)9-29-30(24)25)8-22-15-13(19-17(22)27-2)14(18)20-16(21-15)28-4-3-23/h5-7,23H,3-4,8-9H2,1-2H3,(H2-,18,20,21,24,25)/p+1. The van der Waals surface area contributed by atoms with Gasteiger partial charge in [-0.1, -0.05) is 6.07 Å². The van der Waals surface area contributed by atoms with E-state index in [0.717, 1.165) is 5.56 Å². The van der Waals surface area contributed by atoms with E-state index >= 15 is 0 Å². The summed E-state index contributed by atoms with van der Waals surface area (Å²) < 4.78 is 33.3. The maximum absolute atomic E-state index is 10.8. The highest BCUT2D eigenvalue weighted by Crippen LogP contribution is 2.28.